The molecule has 2 aromatic rings. The molecule has 0 aliphatic carbocycles. The average Bonchev–Trinajstić information content (AvgIpc) is 2.69. The number of aryl methyl sites for hydroxylation is 1. The van der Waals surface area contributed by atoms with Gasteiger partial charge in [-0.1, -0.05) is 50.2 Å². The number of anilines is 2. The predicted octanol–water partition coefficient (Wildman–Crippen LogP) is 2.85. The van der Waals surface area contributed by atoms with Crippen LogP contribution in [0, 0.1) is 6.92 Å². The summed E-state index contributed by atoms with van der Waals surface area (Å²) in [5, 5.41) is 3.23. The molecule has 0 saturated carbocycles. The minimum atomic E-state index is -0.0532. The summed E-state index contributed by atoms with van der Waals surface area (Å²) in [5.41, 5.74) is 4.60. The second kappa shape index (κ2) is 8.57. The molecule has 27 heavy (non-hydrogen) atoms. The Bertz CT molecular complexity index is 764. The average molecular weight is 367 g/mol. The lowest BCUT2D eigenvalue weighted by Gasteiger charge is -2.36. The molecule has 4 heteroatoms. The van der Waals surface area contributed by atoms with Gasteiger partial charge in [0.05, 0.1) is 26.2 Å². The van der Waals surface area contributed by atoms with Gasteiger partial charge < -0.3 is 15.1 Å². The number of hydrogen-bond acceptors (Lipinski definition) is 2. The second-order valence-electron chi connectivity index (χ2n) is 7.89. The largest absolute Gasteiger partial charge is 0.360 e. The maximum absolute atomic E-state index is 12.9. The van der Waals surface area contributed by atoms with Gasteiger partial charge in [0.2, 0.25) is 0 Å². The highest BCUT2D eigenvalue weighted by molar-refractivity contribution is 5.95. The van der Waals surface area contributed by atoms with Gasteiger partial charge in [-0.3, -0.25) is 4.79 Å². The van der Waals surface area contributed by atoms with E-state index in [1.165, 1.54) is 16.2 Å². The molecule has 0 bridgehead atoms. The van der Waals surface area contributed by atoms with Crippen LogP contribution in [0.3, 0.4) is 0 Å². The monoisotopic (exact) mass is 366 g/mol. The van der Waals surface area contributed by atoms with Crippen molar-refractivity contribution in [2.75, 3.05) is 36.4 Å². The first-order valence-corrected chi connectivity index (χ1v) is 10.0. The van der Waals surface area contributed by atoms with Crippen LogP contribution in [0.5, 0.6) is 0 Å². The van der Waals surface area contributed by atoms with Gasteiger partial charge in [-0.2, -0.15) is 0 Å². The molecule has 0 unspecified atom stereocenters. The normalized spacial score (nSPS) is 16.4. The Labute approximate surface area is 163 Å². The number of nitrogens with zero attached hydrogens (tertiary/aromatic N) is 1. The van der Waals surface area contributed by atoms with Crippen molar-refractivity contribution >= 4 is 17.3 Å². The highest BCUT2D eigenvalue weighted by Gasteiger charge is 2.29. The van der Waals surface area contributed by atoms with Crippen LogP contribution >= 0.6 is 0 Å². The molecule has 0 radical (unpaired) electrons. The third-order valence-electron chi connectivity index (χ3n) is 5.71. The van der Waals surface area contributed by atoms with Crippen molar-refractivity contribution in [2.24, 2.45) is 0 Å². The Morgan fingerprint density at radius 2 is 1.67 bits per heavy atom. The van der Waals surface area contributed by atoms with Gasteiger partial charge in [0, 0.05) is 11.4 Å². The highest BCUT2D eigenvalue weighted by atomic mass is 16.2. The molecule has 2 N–H and O–H groups in total. The van der Waals surface area contributed by atoms with Crippen LogP contribution in [0.25, 0.3) is 0 Å². The lowest BCUT2D eigenvalue weighted by Crippen LogP contribution is -3.19. The van der Waals surface area contributed by atoms with Crippen LogP contribution in [-0.4, -0.2) is 38.1 Å². The topological polar surface area (TPSA) is 36.8 Å². The smallest absolute Gasteiger partial charge is 0.282 e. The van der Waals surface area contributed by atoms with E-state index in [0.717, 1.165) is 37.4 Å². The van der Waals surface area contributed by atoms with E-state index in [1.54, 1.807) is 0 Å². The fourth-order valence-electron chi connectivity index (χ4n) is 3.88. The molecule has 144 valence electrons. The van der Waals surface area contributed by atoms with E-state index < -0.39 is 0 Å². The van der Waals surface area contributed by atoms with Crippen molar-refractivity contribution in [3.05, 3.63) is 59.7 Å². The first kappa shape index (κ1) is 19.4. The van der Waals surface area contributed by atoms with Crippen molar-refractivity contribution in [1.29, 1.82) is 0 Å². The lowest BCUT2D eigenvalue weighted by atomic mass is 9.98. The number of carbonyl (C=O) groups is 1. The van der Waals surface area contributed by atoms with Crippen molar-refractivity contribution in [1.82, 2.24) is 0 Å². The summed E-state index contributed by atoms with van der Waals surface area (Å²) in [7, 11) is 0. The standard InChI is InChI=1S/C23H31N3O/c1-17(2)21-12-8-9-18(3)22(21)24-23(27)19(4)25-13-15-26(16-14-25)20-10-6-5-7-11-20/h5-12,17,19H,13-16H2,1-4H3,(H,24,27)/p+1/t19-/m1/s1. The molecule has 1 aliphatic rings. The highest BCUT2D eigenvalue weighted by Crippen LogP contribution is 2.27. The minimum absolute atomic E-state index is 0.0532. The van der Waals surface area contributed by atoms with Crippen LogP contribution in [-0.2, 0) is 4.79 Å². The first-order valence-electron chi connectivity index (χ1n) is 10.0. The Morgan fingerprint density at radius 3 is 2.30 bits per heavy atom. The summed E-state index contributed by atoms with van der Waals surface area (Å²) in [5.74, 6) is 0.506. The molecule has 1 atom stereocenters. The zero-order valence-electron chi connectivity index (χ0n) is 17.0. The number of hydrogen-bond donors (Lipinski definition) is 2. The second-order valence-corrected chi connectivity index (χ2v) is 7.89. The lowest BCUT2D eigenvalue weighted by molar-refractivity contribution is -0.914. The summed E-state index contributed by atoms with van der Waals surface area (Å²) >= 11 is 0. The number of nitrogens with one attached hydrogen (secondary N) is 2. The maximum atomic E-state index is 12.9. The van der Waals surface area contributed by atoms with E-state index in [1.807, 2.05) is 6.07 Å². The number of piperazine rings is 1. The van der Waals surface area contributed by atoms with Gasteiger partial charge in [-0.05, 0) is 43.0 Å². The summed E-state index contributed by atoms with van der Waals surface area (Å²) in [4.78, 5) is 16.7. The Balaban J connectivity index is 1.62. The number of para-hydroxylation sites is 2. The fourth-order valence-corrected chi connectivity index (χ4v) is 3.88. The molecule has 1 saturated heterocycles. The molecule has 0 spiro atoms. The first-order chi connectivity index (χ1) is 13.0. The third kappa shape index (κ3) is 4.51. The molecule has 1 fully saturated rings. The quantitative estimate of drug-likeness (QED) is 0.854. The van der Waals surface area contributed by atoms with E-state index in [9.17, 15) is 4.79 Å². The van der Waals surface area contributed by atoms with E-state index in [-0.39, 0.29) is 11.9 Å². The maximum Gasteiger partial charge on any atom is 0.282 e. The summed E-state index contributed by atoms with van der Waals surface area (Å²) in [6.07, 6.45) is 0. The van der Waals surface area contributed by atoms with Gasteiger partial charge in [0.15, 0.2) is 6.04 Å². The molecule has 1 amide bonds. The van der Waals surface area contributed by atoms with E-state index in [0.29, 0.717) is 5.92 Å². The van der Waals surface area contributed by atoms with Gasteiger partial charge in [0.25, 0.3) is 5.91 Å². The van der Waals surface area contributed by atoms with Crippen LogP contribution in [0.4, 0.5) is 11.4 Å². The molecule has 0 aromatic heterocycles. The zero-order chi connectivity index (χ0) is 19.4. The summed E-state index contributed by atoms with van der Waals surface area (Å²) < 4.78 is 0. The number of carbonyl (C=O) groups excluding carboxylic acids is 1. The van der Waals surface area contributed by atoms with Gasteiger partial charge >= 0.3 is 0 Å². The van der Waals surface area contributed by atoms with E-state index in [2.05, 4.69) is 80.4 Å². The van der Waals surface area contributed by atoms with Crippen LogP contribution in [0.15, 0.2) is 48.5 Å². The third-order valence-corrected chi connectivity index (χ3v) is 5.71. The molecule has 1 heterocycles. The molecular weight excluding hydrogens is 334 g/mol. The molecule has 2 aromatic carbocycles. The zero-order valence-corrected chi connectivity index (χ0v) is 17.0. The van der Waals surface area contributed by atoms with Crippen LogP contribution < -0.4 is 15.1 Å². The van der Waals surface area contributed by atoms with Crippen molar-refractivity contribution in [2.45, 2.75) is 39.7 Å². The molecule has 3 rings (SSSR count). The summed E-state index contributed by atoms with van der Waals surface area (Å²) in [6, 6.07) is 16.7. The fraction of sp³-hybridized carbons (Fsp3) is 0.435. The van der Waals surface area contributed by atoms with Crippen molar-refractivity contribution < 1.29 is 9.69 Å². The van der Waals surface area contributed by atoms with Crippen LogP contribution in [0.2, 0.25) is 0 Å². The Kier molecular flexibility index (Phi) is 6.17. The van der Waals surface area contributed by atoms with Crippen LogP contribution in [0.1, 0.15) is 37.8 Å². The summed E-state index contributed by atoms with van der Waals surface area (Å²) in [6.45, 7) is 12.4. The molecule has 1 aliphatic heterocycles. The Hall–Kier alpha value is -2.33. The number of rotatable bonds is 5. The SMILES string of the molecule is Cc1cccc(C(C)C)c1NC(=O)[C@@H](C)[NH+]1CCN(c2ccccc2)CC1. The Morgan fingerprint density at radius 1 is 1.00 bits per heavy atom. The molecule has 4 nitrogen and oxygen atoms in total. The van der Waals surface area contributed by atoms with Gasteiger partial charge in [-0.15, -0.1) is 0 Å². The van der Waals surface area contributed by atoms with E-state index >= 15 is 0 Å². The number of amides is 1. The predicted molar refractivity (Wildman–Crippen MR) is 113 cm³/mol. The number of quaternary nitrogens is 1. The molecular formula is C23H32N3O+. The van der Waals surface area contributed by atoms with Crippen molar-refractivity contribution in [3.8, 4) is 0 Å². The van der Waals surface area contributed by atoms with Gasteiger partial charge in [-0.25, -0.2) is 0 Å². The number of benzene rings is 2. The van der Waals surface area contributed by atoms with Crippen molar-refractivity contribution in [3.63, 3.8) is 0 Å². The van der Waals surface area contributed by atoms with E-state index in [4.69, 9.17) is 0 Å². The minimum Gasteiger partial charge on any atom is -0.360 e. The van der Waals surface area contributed by atoms with Gasteiger partial charge in [0.1, 0.15) is 0 Å².